The van der Waals surface area contributed by atoms with Gasteiger partial charge in [0.1, 0.15) is 0 Å². The molecule has 0 unspecified atom stereocenters. The van der Waals surface area contributed by atoms with Crippen LogP contribution in [0.5, 0.6) is 5.88 Å². The van der Waals surface area contributed by atoms with Gasteiger partial charge in [-0.2, -0.15) is 0 Å². The smallest absolute Gasteiger partial charge is 0.263 e. The van der Waals surface area contributed by atoms with E-state index in [0.29, 0.717) is 5.88 Å². The molecule has 1 aromatic heterocycles. The van der Waals surface area contributed by atoms with Crippen molar-refractivity contribution in [3.63, 3.8) is 0 Å². The number of methoxy groups -OCH3 is 1. The van der Waals surface area contributed by atoms with Crippen LogP contribution in [0, 0.1) is 0 Å². The summed E-state index contributed by atoms with van der Waals surface area (Å²) >= 11 is 6.16. The Kier molecular flexibility index (Phi) is 9.35. The van der Waals surface area contributed by atoms with Gasteiger partial charge in [-0.1, -0.05) is 54.1 Å². The fourth-order valence-electron chi connectivity index (χ4n) is 4.93. The molecular weight excluding hydrogens is 560 g/mol. The highest BCUT2D eigenvalue weighted by Gasteiger charge is 2.26. The van der Waals surface area contributed by atoms with E-state index in [2.05, 4.69) is 72.5 Å². The topological polar surface area (TPSA) is 99.7 Å². The zero-order valence-electron chi connectivity index (χ0n) is 22.8. The Labute approximate surface area is 246 Å². The Morgan fingerprint density at radius 1 is 0.854 bits per heavy atom. The van der Waals surface area contributed by atoms with Crippen molar-refractivity contribution in [1.29, 1.82) is 0 Å². The number of piperazine rings is 1. The van der Waals surface area contributed by atoms with Crippen molar-refractivity contribution in [1.82, 2.24) is 20.0 Å². The van der Waals surface area contributed by atoms with E-state index in [1.807, 2.05) is 12.1 Å². The zero-order chi connectivity index (χ0) is 28.7. The summed E-state index contributed by atoms with van der Waals surface area (Å²) in [6, 6.07) is 28.7. The van der Waals surface area contributed by atoms with Gasteiger partial charge in [0.25, 0.3) is 10.0 Å². The number of hydrogen-bond donors (Lipinski definition) is 2. The lowest BCUT2D eigenvalue weighted by Gasteiger charge is -2.40. The number of ether oxygens (including phenoxy) is 1. The molecule has 9 nitrogen and oxygen atoms in total. The third kappa shape index (κ3) is 7.53. The first-order valence-corrected chi connectivity index (χ1v) is 15.3. The third-order valence-corrected chi connectivity index (χ3v) is 8.71. The number of benzene rings is 3. The summed E-state index contributed by atoms with van der Waals surface area (Å²) in [5, 5.41) is 11.8. The second-order valence-electron chi connectivity index (χ2n) is 9.76. The van der Waals surface area contributed by atoms with Gasteiger partial charge < -0.3 is 10.1 Å². The van der Waals surface area contributed by atoms with Crippen LogP contribution in [0.1, 0.15) is 17.2 Å². The number of hydrogen-bond acceptors (Lipinski definition) is 8. The summed E-state index contributed by atoms with van der Waals surface area (Å²) < 4.78 is 32.8. The van der Waals surface area contributed by atoms with Crippen molar-refractivity contribution in [2.75, 3.05) is 56.4 Å². The SMILES string of the molecule is COc1ccc(NS(=O)(=O)c2ccc(NCCN3CCN([C@H](c4ccccc4)c4ccc(Cl)cc4)CC3)cc2)nn1. The summed E-state index contributed by atoms with van der Waals surface area (Å²) in [7, 11) is -2.32. The maximum atomic E-state index is 12.7. The van der Waals surface area contributed by atoms with E-state index >= 15 is 0 Å². The Bertz CT molecular complexity index is 1500. The molecule has 0 bridgehead atoms. The fourth-order valence-corrected chi connectivity index (χ4v) is 6.05. The van der Waals surface area contributed by atoms with E-state index in [1.54, 1.807) is 30.3 Å². The minimum Gasteiger partial charge on any atom is -0.480 e. The minimum absolute atomic E-state index is 0.122. The monoisotopic (exact) mass is 592 g/mol. The van der Waals surface area contributed by atoms with Gasteiger partial charge in [0.15, 0.2) is 5.82 Å². The molecule has 41 heavy (non-hydrogen) atoms. The molecule has 1 fully saturated rings. The Morgan fingerprint density at radius 3 is 2.17 bits per heavy atom. The van der Waals surface area contributed by atoms with Gasteiger partial charge in [0, 0.05) is 56.0 Å². The summed E-state index contributed by atoms with van der Waals surface area (Å²) in [6.45, 7) is 5.50. The van der Waals surface area contributed by atoms with Gasteiger partial charge in [0.2, 0.25) is 5.88 Å². The van der Waals surface area contributed by atoms with Gasteiger partial charge in [0.05, 0.1) is 18.0 Å². The van der Waals surface area contributed by atoms with Crippen molar-refractivity contribution < 1.29 is 13.2 Å². The number of rotatable bonds is 11. The van der Waals surface area contributed by atoms with Crippen molar-refractivity contribution in [2.45, 2.75) is 10.9 Å². The Balaban J connectivity index is 1.11. The molecule has 2 heterocycles. The van der Waals surface area contributed by atoms with Crippen molar-refractivity contribution in [3.8, 4) is 5.88 Å². The Morgan fingerprint density at radius 2 is 1.54 bits per heavy atom. The van der Waals surface area contributed by atoms with Crippen molar-refractivity contribution in [3.05, 3.63) is 107 Å². The number of sulfonamides is 1. The lowest BCUT2D eigenvalue weighted by Crippen LogP contribution is -2.48. The number of halogens is 1. The minimum atomic E-state index is -3.78. The van der Waals surface area contributed by atoms with E-state index in [4.69, 9.17) is 16.3 Å². The van der Waals surface area contributed by atoms with Crippen LogP contribution in [0.2, 0.25) is 5.02 Å². The zero-order valence-corrected chi connectivity index (χ0v) is 24.4. The molecule has 0 radical (unpaired) electrons. The molecule has 5 rings (SSSR count). The van der Waals surface area contributed by atoms with E-state index < -0.39 is 10.0 Å². The van der Waals surface area contributed by atoms with E-state index in [1.165, 1.54) is 24.3 Å². The molecule has 0 spiro atoms. The average Bonchev–Trinajstić information content (AvgIpc) is 3.00. The quantitative estimate of drug-likeness (QED) is 0.257. The van der Waals surface area contributed by atoms with E-state index in [0.717, 1.165) is 50.0 Å². The number of aromatic nitrogens is 2. The van der Waals surface area contributed by atoms with Gasteiger partial charge in [-0.05, 0) is 53.6 Å². The molecule has 4 aromatic rings. The lowest BCUT2D eigenvalue weighted by molar-refractivity contribution is 0.112. The van der Waals surface area contributed by atoms with Crippen LogP contribution in [0.4, 0.5) is 11.5 Å². The fraction of sp³-hybridized carbons (Fsp3) is 0.267. The first-order chi connectivity index (χ1) is 19.9. The molecular formula is C30H33ClN6O3S. The standard InChI is InChI=1S/C30H33ClN6O3S/c1-40-29-16-15-28(33-34-29)35-41(38,39)27-13-11-26(12-14-27)32-17-18-36-19-21-37(22-20-36)30(23-5-3-2-4-6-23)24-7-9-25(31)10-8-24/h2-16,30,32H,17-22H2,1H3,(H,33,35)/t30-/m1/s1. The van der Waals surface area contributed by atoms with Gasteiger partial charge >= 0.3 is 0 Å². The molecule has 1 atom stereocenters. The third-order valence-electron chi connectivity index (χ3n) is 7.08. The van der Waals surface area contributed by atoms with Crippen molar-refractivity contribution in [2.24, 2.45) is 0 Å². The highest BCUT2D eigenvalue weighted by Crippen LogP contribution is 2.30. The van der Waals surface area contributed by atoms with Crippen LogP contribution in [0.25, 0.3) is 0 Å². The van der Waals surface area contributed by atoms with E-state index in [-0.39, 0.29) is 16.8 Å². The van der Waals surface area contributed by atoms with Gasteiger partial charge in [-0.3, -0.25) is 14.5 Å². The number of nitrogens with zero attached hydrogens (tertiary/aromatic N) is 4. The van der Waals surface area contributed by atoms with Crippen molar-refractivity contribution >= 4 is 33.1 Å². The number of nitrogens with one attached hydrogen (secondary N) is 2. The Hall–Kier alpha value is -3.70. The molecule has 1 aliphatic heterocycles. The van der Waals surface area contributed by atoms with E-state index in [9.17, 15) is 8.42 Å². The highest BCUT2D eigenvalue weighted by molar-refractivity contribution is 7.92. The lowest BCUT2D eigenvalue weighted by atomic mass is 9.96. The summed E-state index contributed by atoms with van der Waals surface area (Å²) in [6.07, 6.45) is 0. The molecule has 0 saturated carbocycles. The van der Waals surface area contributed by atoms with Crippen LogP contribution < -0.4 is 14.8 Å². The van der Waals surface area contributed by atoms with Crippen LogP contribution in [-0.2, 0) is 10.0 Å². The van der Waals surface area contributed by atoms with Gasteiger partial charge in [-0.15, -0.1) is 10.2 Å². The first kappa shape index (κ1) is 28.8. The van der Waals surface area contributed by atoms with Crippen LogP contribution in [-0.4, -0.2) is 74.8 Å². The van der Waals surface area contributed by atoms with Crippen LogP contribution in [0.3, 0.4) is 0 Å². The molecule has 0 aliphatic carbocycles. The molecule has 0 amide bonds. The first-order valence-electron chi connectivity index (χ1n) is 13.4. The summed E-state index contributed by atoms with van der Waals surface area (Å²) in [5.74, 6) is 0.427. The molecule has 3 aromatic carbocycles. The summed E-state index contributed by atoms with van der Waals surface area (Å²) in [4.78, 5) is 5.13. The molecule has 214 valence electrons. The normalized spacial score (nSPS) is 15.3. The van der Waals surface area contributed by atoms with Crippen LogP contribution >= 0.6 is 11.6 Å². The second-order valence-corrected chi connectivity index (χ2v) is 11.9. The summed E-state index contributed by atoms with van der Waals surface area (Å²) in [5.41, 5.74) is 3.38. The second kappa shape index (κ2) is 13.3. The highest BCUT2D eigenvalue weighted by atomic mass is 35.5. The maximum absolute atomic E-state index is 12.7. The molecule has 11 heteroatoms. The predicted octanol–water partition coefficient (Wildman–Crippen LogP) is 4.76. The molecule has 1 aliphatic rings. The van der Waals surface area contributed by atoms with Gasteiger partial charge in [-0.25, -0.2) is 8.42 Å². The molecule has 1 saturated heterocycles. The predicted molar refractivity (Wildman–Crippen MR) is 162 cm³/mol. The average molecular weight is 593 g/mol. The van der Waals surface area contributed by atoms with Crippen LogP contribution in [0.15, 0.2) is 95.9 Å². The maximum Gasteiger partial charge on any atom is 0.263 e. The largest absolute Gasteiger partial charge is 0.480 e. The molecule has 2 N–H and O–H groups in total. The number of anilines is 2.